The standard InChI is InChI=1S/C20H24N2O5/c1-13-17(19(24)26-3)14(2)22-18(13)20(25)27-12-16(23)21-11-7-10-15-8-5-4-6-9-15/h4-6,8-9,22H,7,10-12H2,1-3H3,(H,21,23). The van der Waals surface area contributed by atoms with Gasteiger partial charge in [0, 0.05) is 12.2 Å². The highest BCUT2D eigenvalue weighted by Crippen LogP contribution is 2.19. The first-order chi connectivity index (χ1) is 12.9. The van der Waals surface area contributed by atoms with Crippen LogP contribution in [0.2, 0.25) is 0 Å². The zero-order valence-corrected chi connectivity index (χ0v) is 15.8. The van der Waals surface area contributed by atoms with E-state index in [9.17, 15) is 14.4 Å². The molecule has 0 saturated heterocycles. The van der Waals surface area contributed by atoms with Gasteiger partial charge in [0.05, 0.1) is 12.7 Å². The second-order valence-electron chi connectivity index (χ2n) is 6.13. The molecule has 1 aromatic heterocycles. The van der Waals surface area contributed by atoms with E-state index < -0.39 is 11.9 Å². The molecule has 1 amide bonds. The molecular formula is C20H24N2O5. The number of amides is 1. The molecule has 1 heterocycles. The van der Waals surface area contributed by atoms with Gasteiger partial charge >= 0.3 is 11.9 Å². The lowest BCUT2D eigenvalue weighted by atomic mass is 10.1. The molecule has 0 unspecified atom stereocenters. The monoisotopic (exact) mass is 372 g/mol. The third-order valence-electron chi connectivity index (χ3n) is 4.17. The van der Waals surface area contributed by atoms with E-state index in [2.05, 4.69) is 10.3 Å². The number of nitrogens with one attached hydrogen (secondary N) is 2. The first-order valence-corrected chi connectivity index (χ1v) is 8.69. The Morgan fingerprint density at radius 3 is 2.44 bits per heavy atom. The number of rotatable bonds is 8. The number of esters is 2. The third-order valence-corrected chi connectivity index (χ3v) is 4.17. The second kappa shape index (κ2) is 9.56. The van der Waals surface area contributed by atoms with E-state index in [0.717, 1.165) is 12.8 Å². The van der Waals surface area contributed by atoms with Crippen molar-refractivity contribution in [2.45, 2.75) is 26.7 Å². The van der Waals surface area contributed by atoms with Crippen molar-refractivity contribution in [3.63, 3.8) is 0 Å². The minimum atomic E-state index is -0.690. The van der Waals surface area contributed by atoms with E-state index >= 15 is 0 Å². The molecule has 0 aliphatic carbocycles. The highest BCUT2D eigenvalue weighted by molar-refractivity contribution is 5.99. The van der Waals surface area contributed by atoms with Crippen LogP contribution in [0.3, 0.4) is 0 Å². The van der Waals surface area contributed by atoms with Crippen LogP contribution < -0.4 is 5.32 Å². The Morgan fingerprint density at radius 2 is 1.78 bits per heavy atom. The minimum Gasteiger partial charge on any atom is -0.465 e. The Kier molecular flexibility index (Phi) is 7.16. The maximum absolute atomic E-state index is 12.2. The van der Waals surface area contributed by atoms with Crippen LogP contribution in [-0.2, 0) is 20.7 Å². The van der Waals surface area contributed by atoms with Crippen molar-refractivity contribution < 1.29 is 23.9 Å². The second-order valence-corrected chi connectivity index (χ2v) is 6.13. The number of H-pyrrole nitrogens is 1. The van der Waals surface area contributed by atoms with Crippen LogP contribution in [0.15, 0.2) is 30.3 Å². The minimum absolute atomic E-state index is 0.143. The number of hydrogen-bond donors (Lipinski definition) is 2. The molecule has 0 saturated carbocycles. The zero-order chi connectivity index (χ0) is 19.8. The summed E-state index contributed by atoms with van der Waals surface area (Å²) in [5.41, 5.74) is 2.60. The predicted molar refractivity (Wildman–Crippen MR) is 99.7 cm³/mol. The third kappa shape index (κ3) is 5.44. The number of ether oxygens (including phenoxy) is 2. The fourth-order valence-electron chi connectivity index (χ4n) is 2.78. The summed E-state index contributed by atoms with van der Waals surface area (Å²) < 4.78 is 9.73. The lowest BCUT2D eigenvalue weighted by Gasteiger charge is -2.07. The Morgan fingerprint density at radius 1 is 1.07 bits per heavy atom. The number of hydrogen-bond acceptors (Lipinski definition) is 5. The molecule has 7 heteroatoms. The molecular weight excluding hydrogens is 348 g/mol. The summed E-state index contributed by atoms with van der Waals surface area (Å²) in [5, 5.41) is 2.72. The van der Waals surface area contributed by atoms with Crippen LogP contribution in [0.5, 0.6) is 0 Å². The summed E-state index contributed by atoms with van der Waals surface area (Å²) in [7, 11) is 1.27. The summed E-state index contributed by atoms with van der Waals surface area (Å²) in [5.74, 6) is -1.59. The van der Waals surface area contributed by atoms with Crippen molar-refractivity contribution in [1.82, 2.24) is 10.3 Å². The van der Waals surface area contributed by atoms with E-state index in [0.29, 0.717) is 23.4 Å². The van der Waals surface area contributed by atoms with Crippen molar-refractivity contribution in [3.05, 3.63) is 58.4 Å². The number of aromatic amines is 1. The highest BCUT2D eigenvalue weighted by atomic mass is 16.5. The molecule has 0 atom stereocenters. The quantitative estimate of drug-likeness (QED) is 0.547. The normalized spacial score (nSPS) is 10.3. The molecule has 0 bridgehead atoms. The molecule has 1 aromatic carbocycles. The van der Waals surface area contributed by atoms with Gasteiger partial charge in [-0.15, -0.1) is 0 Å². The largest absolute Gasteiger partial charge is 0.465 e. The van der Waals surface area contributed by atoms with E-state index in [4.69, 9.17) is 9.47 Å². The molecule has 144 valence electrons. The Balaban J connectivity index is 1.78. The Labute approximate surface area is 158 Å². The molecule has 0 aliphatic heterocycles. The van der Waals surface area contributed by atoms with Crippen LogP contribution in [0, 0.1) is 13.8 Å². The molecule has 2 N–H and O–H groups in total. The fraction of sp³-hybridized carbons (Fsp3) is 0.350. The van der Waals surface area contributed by atoms with Crippen molar-refractivity contribution in [1.29, 1.82) is 0 Å². The molecule has 0 aliphatic rings. The molecule has 7 nitrogen and oxygen atoms in total. The highest BCUT2D eigenvalue weighted by Gasteiger charge is 2.23. The van der Waals surface area contributed by atoms with Gasteiger partial charge in [-0.1, -0.05) is 30.3 Å². The fourth-order valence-corrected chi connectivity index (χ4v) is 2.78. The number of benzene rings is 1. The van der Waals surface area contributed by atoms with Crippen molar-refractivity contribution in [2.24, 2.45) is 0 Å². The molecule has 0 radical (unpaired) electrons. The maximum Gasteiger partial charge on any atom is 0.355 e. The summed E-state index contributed by atoms with van der Waals surface area (Å²) in [6, 6.07) is 9.98. The number of methoxy groups -OCH3 is 1. The average molecular weight is 372 g/mol. The maximum atomic E-state index is 12.2. The SMILES string of the molecule is COC(=O)c1c(C)[nH]c(C(=O)OCC(=O)NCCCc2ccccc2)c1C. The van der Waals surface area contributed by atoms with Crippen LogP contribution in [0.4, 0.5) is 0 Å². The average Bonchev–Trinajstić information content (AvgIpc) is 2.98. The Bertz CT molecular complexity index is 811. The Hall–Kier alpha value is -3.09. The first-order valence-electron chi connectivity index (χ1n) is 8.69. The van der Waals surface area contributed by atoms with Crippen molar-refractivity contribution in [2.75, 3.05) is 20.3 Å². The number of carbonyl (C=O) groups excluding carboxylic acids is 3. The van der Waals surface area contributed by atoms with Crippen molar-refractivity contribution in [3.8, 4) is 0 Å². The summed E-state index contributed by atoms with van der Waals surface area (Å²) in [4.78, 5) is 38.6. The summed E-state index contributed by atoms with van der Waals surface area (Å²) >= 11 is 0. The van der Waals surface area contributed by atoms with Crippen LogP contribution in [-0.4, -0.2) is 43.1 Å². The molecule has 0 fully saturated rings. The van der Waals surface area contributed by atoms with E-state index in [-0.39, 0.29) is 18.2 Å². The van der Waals surface area contributed by atoms with E-state index in [1.165, 1.54) is 12.7 Å². The molecule has 27 heavy (non-hydrogen) atoms. The van der Waals surface area contributed by atoms with Gasteiger partial charge < -0.3 is 19.8 Å². The summed E-state index contributed by atoms with van der Waals surface area (Å²) in [6.45, 7) is 3.40. The van der Waals surface area contributed by atoms with Gasteiger partial charge in [0.1, 0.15) is 5.69 Å². The first kappa shape index (κ1) is 20.2. The van der Waals surface area contributed by atoms with Gasteiger partial charge in [-0.2, -0.15) is 0 Å². The van der Waals surface area contributed by atoms with Gasteiger partial charge in [0.15, 0.2) is 6.61 Å². The number of aryl methyl sites for hydroxylation is 2. The number of carbonyl (C=O) groups is 3. The summed E-state index contributed by atoms with van der Waals surface area (Å²) in [6.07, 6.45) is 1.65. The van der Waals surface area contributed by atoms with Gasteiger partial charge in [-0.3, -0.25) is 4.79 Å². The topological polar surface area (TPSA) is 97.5 Å². The van der Waals surface area contributed by atoms with E-state index in [1.54, 1.807) is 13.8 Å². The smallest absolute Gasteiger partial charge is 0.355 e. The zero-order valence-electron chi connectivity index (χ0n) is 15.8. The van der Waals surface area contributed by atoms with E-state index in [1.807, 2.05) is 30.3 Å². The van der Waals surface area contributed by atoms with Gasteiger partial charge in [-0.25, -0.2) is 9.59 Å². The van der Waals surface area contributed by atoms with Crippen LogP contribution in [0.25, 0.3) is 0 Å². The lowest BCUT2D eigenvalue weighted by molar-refractivity contribution is -0.124. The van der Waals surface area contributed by atoms with Crippen LogP contribution in [0.1, 0.15) is 44.1 Å². The van der Waals surface area contributed by atoms with Gasteiger partial charge in [0.25, 0.3) is 5.91 Å². The van der Waals surface area contributed by atoms with Crippen molar-refractivity contribution >= 4 is 17.8 Å². The van der Waals surface area contributed by atoms with Crippen LogP contribution >= 0.6 is 0 Å². The lowest BCUT2D eigenvalue weighted by Crippen LogP contribution is -2.30. The number of aromatic nitrogens is 1. The molecule has 0 spiro atoms. The molecule has 2 rings (SSSR count). The predicted octanol–water partition coefficient (Wildman–Crippen LogP) is 2.32. The van der Waals surface area contributed by atoms with Gasteiger partial charge in [0.2, 0.25) is 0 Å². The van der Waals surface area contributed by atoms with Gasteiger partial charge in [-0.05, 0) is 37.8 Å². The molecule has 2 aromatic rings.